The van der Waals surface area contributed by atoms with Gasteiger partial charge in [-0.3, -0.25) is 4.79 Å². The average molecular weight is 341 g/mol. The summed E-state index contributed by atoms with van der Waals surface area (Å²) in [5, 5.41) is 0. The maximum atomic E-state index is 12.3. The molecule has 0 spiro atoms. The highest BCUT2D eigenvalue weighted by atomic mass is 79.9. The summed E-state index contributed by atoms with van der Waals surface area (Å²) in [6.45, 7) is 2.67. The van der Waals surface area contributed by atoms with Crippen LogP contribution in [0.5, 0.6) is 5.88 Å². The molecule has 2 fully saturated rings. The van der Waals surface area contributed by atoms with Crippen LogP contribution in [0.1, 0.15) is 12.8 Å². The Hall–Kier alpha value is -1.14. The quantitative estimate of drug-likeness (QED) is 0.842. The number of carbonyl (C=O) groups excluding carboxylic acids is 1. The Kier molecular flexibility index (Phi) is 4.21. The van der Waals surface area contributed by atoms with Crippen LogP contribution in [0.4, 0.5) is 0 Å². The SMILES string of the molecule is O=C(C1CCOC1)N1CCC(Oc2ccc(Br)cn2)C1. The van der Waals surface area contributed by atoms with E-state index in [0.29, 0.717) is 25.6 Å². The number of amides is 1. The summed E-state index contributed by atoms with van der Waals surface area (Å²) < 4.78 is 12.0. The number of carbonyl (C=O) groups is 1. The van der Waals surface area contributed by atoms with E-state index in [1.54, 1.807) is 6.20 Å². The zero-order valence-electron chi connectivity index (χ0n) is 11.1. The molecule has 3 rings (SSSR count). The van der Waals surface area contributed by atoms with Gasteiger partial charge in [-0.1, -0.05) is 0 Å². The smallest absolute Gasteiger partial charge is 0.228 e. The first-order valence-corrected chi connectivity index (χ1v) is 7.66. The van der Waals surface area contributed by atoms with Crippen LogP contribution in [0.3, 0.4) is 0 Å². The molecule has 3 heterocycles. The monoisotopic (exact) mass is 340 g/mol. The fraction of sp³-hybridized carbons (Fsp3) is 0.571. The fourth-order valence-corrected chi connectivity index (χ4v) is 2.85. The van der Waals surface area contributed by atoms with Crippen LogP contribution in [-0.2, 0) is 9.53 Å². The van der Waals surface area contributed by atoms with E-state index in [-0.39, 0.29) is 17.9 Å². The number of ether oxygens (including phenoxy) is 2. The minimum Gasteiger partial charge on any atom is -0.472 e. The maximum Gasteiger partial charge on any atom is 0.228 e. The van der Waals surface area contributed by atoms with Crippen molar-refractivity contribution >= 4 is 21.8 Å². The molecule has 2 saturated heterocycles. The highest BCUT2D eigenvalue weighted by molar-refractivity contribution is 9.10. The fourth-order valence-electron chi connectivity index (χ4n) is 2.61. The Morgan fingerprint density at radius 2 is 2.35 bits per heavy atom. The predicted octanol–water partition coefficient (Wildman–Crippen LogP) is 1.86. The van der Waals surface area contributed by atoms with Gasteiger partial charge in [0.1, 0.15) is 6.10 Å². The highest BCUT2D eigenvalue weighted by Crippen LogP contribution is 2.22. The molecule has 0 aliphatic carbocycles. The van der Waals surface area contributed by atoms with Crippen molar-refractivity contribution in [2.75, 3.05) is 26.3 Å². The second kappa shape index (κ2) is 6.10. The van der Waals surface area contributed by atoms with Crippen molar-refractivity contribution in [3.63, 3.8) is 0 Å². The third kappa shape index (κ3) is 3.12. The molecule has 108 valence electrons. The van der Waals surface area contributed by atoms with Gasteiger partial charge in [-0.25, -0.2) is 4.98 Å². The first-order valence-electron chi connectivity index (χ1n) is 6.87. The normalized spacial score (nSPS) is 25.9. The molecule has 2 aliphatic heterocycles. The molecule has 0 radical (unpaired) electrons. The molecule has 2 atom stereocenters. The van der Waals surface area contributed by atoms with Gasteiger partial charge < -0.3 is 14.4 Å². The van der Waals surface area contributed by atoms with Crippen molar-refractivity contribution < 1.29 is 14.3 Å². The third-order valence-electron chi connectivity index (χ3n) is 3.72. The molecule has 0 bridgehead atoms. The van der Waals surface area contributed by atoms with Crippen molar-refractivity contribution in [2.24, 2.45) is 5.92 Å². The third-order valence-corrected chi connectivity index (χ3v) is 4.19. The van der Waals surface area contributed by atoms with Crippen molar-refractivity contribution in [2.45, 2.75) is 18.9 Å². The van der Waals surface area contributed by atoms with Crippen LogP contribution in [0.2, 0.25) is 0 Å². The first kappa shape index (κ1) is 13.8. The van der Waals surface area contributed by atoms with Gasteiger partial charge in [0.05, 0.1) is 19.1 Å². The number of nitrogens with zero attached hydrogens (tertiary/aromatic N) is 2. The summed E-state index contributed by atoms with van der Waals surface area (Å²) in [5.41, 5.74) is 0. The summed E-state index contributed by atoms with van der Waals surface area (Å²) in [6, 6.07) is 3.73. The number of halogens is 1. The molecular weight excluding hydrogens is 324 g/mol. The molecule has 0 N–H and O–H groups in total. The Labute approximate surface area is 126 Å². The summed E-state index contributed by atoms with van der Waals surface area (Å²) in [4.78, 5) is 18.3. The standard InChI is InChI=1S/C14H17BrN2O3/c15-11-1-2-13(16-7-11)20-12-3-5-17(8-12)14(18)10-4-6-19-9-10/h1-2,7,10,12H,3-6,8-9H2. The first-order chi connectivity index (χ1) is 9.72. The number of likely N-dealkylation sites (tertiary alicyclic amines) is 1. The molecule has 0 saturated carbocycles. The number of rotatable bonds is 3. The van der Waals surface area contributed by atoms with Crippen LogP contribution in [0.15, 0.2) is 22.8 Å². The minimum atomic E-state index is 0.0370. The van der Waals surface area contributed by atoms with Crippen LogP contribution in [0.25, 0.3) is 0 Å². The largest absolute Gasteiger partial charge is 0.472 e. The topological polar surface area (TPSA) is 51.7 Å². The number of pyridine rings is 1. The Bertz CT molecular complexity index is 474. The molecule has 2 aliphatic rings. The summed E-state index contributed by atoms with van der Waals surface area (Å²) in [6.07, 6.45) is 3.45. The lowest BCUT2D eigenvalue weighted by Crippen LogP contribution is -2.36. The zero-order chi connectivity index (χ0) is 13.9. The van der Waals surface area contributed by atoms with Crippen LogP contribution in [-0.4, -0.2) is 48.2 Å². The van der Waals surface area contributed by atoms with E-state index in [1.165, 1.54) is 0 Å². The number of hydrogen-bond donors (Lipinski definition) is 0. The molecule has 1 aromatic heterocycles. The number of hydrogen-bond acceptors (Lipinski definition) is 4. The van der Waals surface area contributed by atoms with E-state index in [2.05, 4.69) is 20.9 Å². The van der Waals surface area contributed by atoms with Gasteiger partial charge >= 0.3 is 0 Å². The van der Waals surface area contributed by atoms with Gasteiger partial charge in [-0.2, -0.15) is 0 Å². The minimum absolute atomic E-state index is 0.0370. The Morgan fingerprint density at radius 1 is 1.45 bits per heavy atom. The molecule has 5 nitrogen and oxygen atoms in total. The van der Waals surface area contributed by atoms with Gasteiger partial charge in [0.25, 0.3) is 0 Å². The second-order valence-electron chi connectivity index (χ2n) is 5.19. The lowest BCUT2D eigenvalue weighted by atomic mass is 10.1. The molecule has 0 aromatic carbocycles. The van der Waals surface area contributed by atoms with Crippen molar-refractivity contribution in [1.82, 2.24) is 9.88 Å². The summed E-state index contributed by atoms with van der Waals surface area (Å²) in [5.74, 6) is 0.855. The number of aromatic nitrogens is 1. The lowest BCUT2D eigenvalue weighted by molar-refractivity contribution is -0.134. The van der Waals surface area contributed by atoms with Gasteiger partial charge in [0, 0.05) is 36.3 Å². The molecule has 1 aromatic rings. The highest BCUT2D eigenvalue weighted by Gasteiger charge is 2.33. The van der Waals surface area contributed by atoms with Gasteiger partial charge in [-0.05, 0) is 28.4 Å². The average Bonchev–Trinajstić information content (AvgIpc) is 3.12. The molecule has 2 unspecified atom stereocenters. The summed E-state index contributed by atoms with van der Waals surface area (Å²) >= 11 is 3.34. The summed E-state index contributed by atoms with van der Waals surface area (Å²) in [7, 11) is 0. The maximum absolute atomic E-state index is 12.3. The van der Waals surface area contributed by atoms with Gasteiger partial charge in [0.15, 0.2) is 0 Å². The molecule has 20 heavy (non-hydrogen) atoms. The van der Waals surface area contributed by atoms with Crippen LogP contribution in [0, 0.1) is 5.92 Å². The van der Waals surface area contributed by atoms with E-state index in [4.69, 9.17) is 9.47 Å². The Balaban J connectivity index is 1.54. The van der Waals surface area contributed by atoms with Crippen molar-refractivity contribution in [3.8, 4) is 5.88 Å². The molecule has 1 amide bonds. The predicted molar refractivity (Wildman–Crippen MR) is 76.5 cm³/mol. The Morgan fingerprint density at radius 3 is 3.05 bits per heavy atom. The zero-order valence-corrected chi connectivity index (χ0v) is 12.7. The van der Waals surface area contributed by atoms with Crippen molar-refractivity contribution in [1.29, 1.82) is 0 Å². The lowest BCUT2D eigenvalue weighted by Gasteiger charge is -2.19. The van der Waals surface area contributed by atoms with E-state index in [9.17, 15) is 4.79 Å². The van der Waals surface area contributed by atoms with E-state index in [1.807, 2.05) is 17.0 Å². The van der Waals surface area contributed by atoms with Crippen LogP contribution < -0.4 is 4.74 Å². The molecular formula is C14H17BrN2O3. The van der Waals surface area contributed by atoms with E-state index >= 15 is 0 Å². The van der Waals surface area contributed by atoms with Gasteiger partial charge in [-0.15, -0.1) is 0 Å². The van der Waals surface area contributed by atoms with Crippen LogP contribution >= 0.6 is 15.9 Å². The van der Waals surface area contributed by atoms with Gasteiger partial charge in [0.2, 0.25) is 11.8 Å². The van der Waals surface area contributed by atoms with Crippen molar-refractivity contribution in [3.05, 3.63) is 22.8 Å². The van der Waals surface area contributed by atoms with E-state index in [0.717, 1.165) is 23.9 Å². The second-order valence-corrected chi connectivity index (χ2v) is 6.10. The molecule has 6 heteroatoms. The van der Waals surface area contributed by atoms with E-state index < -0.39 is 0 Å².